The van der Waals surface area contributed by atoms with Crippen LogP contribution in [0.25, 0.3) is 0 Å². The zero-order chi connectivity index (χ0) is 12.3. The molecule has 1 aromatic rings. The van der Waals surface area contributed by atoms with Crippen molar-refractivity contribution in [1.82, 2.24) is 0 Å². The Balaban J connectivity index is 2.94. The Morgan fingerprint density at radius 1 is 1.56 bits per heavy atom. The van der Waals surface area contributed by atoms with Crippen molar-refractivity contribution >= 4 is 21.9 Å². The summed E-state index contributed by atoms with van der Waals surface area (Å²) >= 11 is 3.31. The first-order valence-corrected chi connectivity index (χ1v) is 5.44. The topological polar surface area (TPSA) is 66.8 Å². The van der Waals surface area contributed by atoms with Gasteiger partial charge in [-0.15, -0.1) is 0 Å². The van der Waals surface area contributed by atoms with Crippen LogP contribution in [-0.2, 0) is 11.2 Å². The number of hydrogen-bond donors (Lipinski definition) is 2. The molecule has 0 aliphatic rings. The molecule has 0 spiro atoms. The van der Waals surface area contributed by atoms with Crippen LogP contribution in [0.1, 0.15) is 12.5 Å². The largest absolute Gasteiger partial charge is 0.497 e. The maximum atomic E-state index is 10.8. The molecule has 1 aromatic carbocycles. The minimum Gasteiger partial charge on any atom is -0.497 e. The maximum Gasteiger partial charge on any atom is 0.335 e. The average molecular weight is 289 g/mol. The third-order valence-corrected chi connectivity index (χ3v) is 2.99. The molecule has 4 nitrogen and oxygen atoms in total. The second kappa shape index (κ2) is 4.84. The summed E-state index contributed by atoms with van der Waals surface area (Å²) < 4.78 is 5.73. The lowest BCUT2D eigenvalue weighted by Crippen LogP contribution is -2.37. The quantitative estimate of drug-likeness (QED) is 0.887. The Kier molecular flexibility index (Phi) is 3.93. The minimum atomic E-state index is -1.77. The van der Waals surface area contributed by atoms with Gasteiger partial charge in [-0.3, -0.25) is 0 Å². The van der Waals surface area contributed by atoms with E-state index in [9.17, 15) is 9.90 Å². The molecule has 0 saturated heterocycles. The van der Waals surface area contributed by atoms with Gasteiger partial charge in [-0.25, -0.2) is 4.79 Å². The number of benzene rings is 1. The summed E-state index contributed by atoms with van der Waals surface area (Å²) in [5, 5.41) is 18.4. The summed E-state index contributed by atoms with van der Waals surface area (Å²) in [6.45, 7) is 1.27. The Bertz CT molecular complexity index is 401. The van der Waals surface area contributed by atoms with E-state index in [0.29, 0.717) is 15.8 Å². The molecule has 1 rings (SSSR count). The van der Waals surface area contributed by atoms with Gasteiger partial charge < -0.3 is 14.9 Å². The smallest absolute Gasteiger partial charge is 0.335 e. The highest BCUT2D eigenvalue weighted by Crippen LogP contribution is 2.26. The fraction of sp³-hybridized carbons (Fsp3) is 0.364. The molecule has 0 aliphatic heterocycles. The number of carboxylic acid groups (broad SMARTS) is 1. The van der Waals surface area contributed by atoms with Gasteiger partial charge in [0.2, 0.25) is 0 Å². The Morgan fingerprint density at radius 3 is 2.62 bits per heavy atom. The zero-order valence-electron chi connectivity index (χ0n) is 9.03. The van der Waals surface area contributed by atoms with Gasteiger partial charge in [0.05, 0.1) is 7.11 Å². The standard InChI is InChI=1S/C11H13BrO4/c1-11(15,10(13)14)6-7-3-4-8(16-2)5-9(7)12/h3-5,15H,6H2,1-2H3,(H,13,14). The summed E-state index contributed by atoms with van der Waals surface area (Å²) in [7, 11) is 1.55. The van der Waals surface area contributed by atoms with Crippen molar-refractivity contribution in [3.05, 3.63) is 28.2 Å². The minimum absolute atomic E-state index is 0.0346. The lowest BCUT2D eigenvalue weighted by Gasteiger charge is -2.18. The number of aliphatic carboxylic acids is 1. The predicted octanol–water partition coefficient (Wildman–Crippen LogP) is 1.84. The van der Waals surface area contributed by atoms with E-state index in [2.05, 4.69) is 15.9 Å². The first kappa shape index (κ1) is 13.0. The molecule has 0 fully saturated rings. The molecule has 88 valence electrons. The van der Waals surface area contributed by atoms with Crippen LogP contribution in [0.15, 0.2) is 22.7 Å². The fourth-order valence-electron chi connectivity index (χ4n) is 1.24. The first-order chi connectivity index (χ1) is 7.36. The van der Waals surface area contributed by atoms with Gasteiger partial charge in [0.1, 0.15) is 5.75 Å². The van der Waals surface area contributed by atoms with Gasteiger partial charge >= 0.3 is 5.97 Å². The Labute approximate surface area is 102 Å². The van der Waals surface area contributed by atoms with Crippen LogP contribution in [0.4, 0.5) is 0 Å². The number of carbonyl (C=O) groups is 1. The van der Waals surface area contributed by atoms with Gasteiger partial charge in [0, 0.05) is 10.9 Å². The molecule has 0 heterocycles. The van der Waals surface area contributed by atoms with Gasteiger partial charge in [0.25, 0.3) is 0 Å². The van der Waals surface area contributed by atoms with Gasteiger partial charge in [-0.1, -0.05) is 22.0 Å². The summed E-state index contributed by atoms with van der Waals surface area (Å²) in [5.74, 6) is -0.569. The maximum absolute atomic E-state index is 10.8. The van der Waals surface area contributed by atoms with Gasteiger partial charge in [-0.05, 0) is 24.6 Å². The third-order valence-electron chi connectivity index (χ3n) is 2.26. The van der Waals surface area contributed by atoms with E-state index in [-0.39, 0.29) is 6.42 Å². The van der Waals surface area contributed by atoms with Crippen LogP contribution in [0, 0.1) is 0 Å². The summed E-state index contributed by atoms with van der Waals surface area (Å²) in [5.41, 5.74) is -1.05. The number of methoxy groups -OCH3 is 1. The number of halogens is 1. The number of carboxylic acids is 1. The van der Waals surface area contributed by atoms with E-state index in [4.69, 9.17) is 9.84 Å². The van der Waals surface area contributed by atoms with Crippen molar-refractivity contribution in [1.29, 1.82) is 0 Å². The molecule has 0 bridgehead atoms. The van der Waals surface area contributed by atoms with E-state index < -0.39 is 11.6 Å². The lowest BCUT2D eigenvalue weighted by molar-refractivity contribution is -0.156. The van der Waals surface area contributed by atoms with Crippen LogP contribution in [0.5, 0.6) is 5.75 Å². The van der Waals surface area contributed by atoms with Crippen LogP contribution >= 0.6 is 15.9 Å². The molecule has 5 heteroatoms. The van der Waals surface area contributed by atoms with Crippen molar-refractivity contribution in [3.63, 3.8) is 0 Å². The number of aliphatic hydroxyl groups is 1. The molecule has 16 heavy (non-hydrogen) atoms. The van der Waals surface area contributed by atoms with Crippen LogP contribution in [-0.4, -0.2) is 28.9 Å². The highest BCUT2D eigenvalue weighted by atomic mass is 79.9. The lowest BCUT2D eigenvalue weighted by atomic mass is 9.97. The van der Waals surface area contributed by atoms with Gasteiger partial charge in [-0.2, -0.15) is 0 Å². The monoisotopic (exact) mass is 288 g/mol. The molecule has 0 aliphatic carbocycles. The fourth-order valence-corrected chi connectivity index (χ4v) is 1.74. The summed E-state index contributed by atoms with van der Waals surface area (Å²) in [4.78, 5) is 10.8. The van der Waals surface area contributed by atoms with Crippen molar-refractivity contribution in [2.75, 3.05) is 7.11 Å². The molecule has 1 atom stereocenters. The van der Waals surface area contributed by atoms with Crippen molar-refractivity contribution < 1.29 is 19.7 Å². The summed E-state index contributed by atoms with van der Waals surface area (Å²) in [6, 6.07) is 5.17. The predicted molar refractivity (Wildman–Crippen MR) is 62.7 cm³/mol. The Morgan fingerprint density at radius 2 is 2.19 bits per heavy atom. The number of hydrogen-bond acceptors (Lipinski definition) is 3. The molecule has 1 unspecified atom stereocenters. The van der Waals surface area contributed by atoms with E-state index in [1.807, 2.05) is 0 Å². The van der Waals surface area contributed by atoms with E-state index in [1.54, 1.807) is 25.3 Å². The zero-order valence-corrected chi connectivity index (χ0v) is 10.6. The third kappa shape index (κ3) is 2.96. The molecule has 0 radical (unpaired) electrons. The van der Waals surface area contributed by atoms with Crippen LogP contribution in [0.2, 0.25) is 0 Å². The van der Waals surface area contributed by atoms with E-state index in [1.165, 1.54) is 6.92 Å². The first-order valence-electron chi connectivity index (χ1n) is 4.65. The molecular weight excluding hydrogens is 276 g/mol. The Hall–Kier alpha value is -1.07. The van der Waals surface area contributed by atoms with E-state index >= 15 is 0 Å². The SMILES string of the molecule is COc1ccc(CC(C)(O)C(=O)O)c(Br)c1. The van der Waals surface area contributed by atoms with Crippen LogP contribution in [0.3, 0.4) is 0 Å². The molecule has 0 saturated carbocycles. The number of rotatable bonds is 4. The highest BCUT2D eigenvalue weighted by Gasteiger charge is 2.30. The molecule has 0 amide bonds. The molecule has 0 aromatic heterocycles. The van der Waals surface area contributed by atoms with Crippen molar-refractivity contribution in [2.24, 2.45) is 0 Å². The molecule has 2 N–H and O–H groups in total. The second-order valence-corrected chi connectivity index (χ2v) is 4.57. The van der Waals surface area contributed by atoms with Crippen molar-refractivity contribution in [2.45, 2.75) is 18.9 Å². The van der Waals surface area contributed by atoms with Crippen LogP contribution < -0.4 is 4.74 Å². The normalized spacial score (nSPS) is 14.2. The molecular formula is C11H13BrO4. The second-order valence-electron chi connectivity index (χ2n) is 3.71. The number of ether oxygens (including phenoxy) is 1. The van der Waals surface area contributed by atoms with Gasteiger partial charge in [0.15, 0.2) is 5.60 Å². The average Bonchev–Trinajstić information content (AvgIpc) is 2.20. The van der Waals surface area contributed by atoms with Crippen molar-refractivity contribution in [3.8, 4) is 5.75 Å². The van der Waals surface area contributed by atoms with E-state index in [0.717, 1.165) is 0 Å². The highest BCUT2D eigenvalue weighted by molar-refractivity contribution is 9.10. The summed E-state index contributed by atoms with van der Waals surface area (Å²) in [6.07, 6.45) is 0.0346.